The van der Waals surface area contributed by atoms with E-state index in [9.17, 15) is 9.59 Å². The van der Waals surface area contributed by atoms with Gasteiger partial charge >= 0.3 is 6.09 Å². The second-order valence-corrected chi connectivity index (χ2v) is 5.71. The van der Waals surface area contributed by atoms with Gasteiger partial charge in [-0.25, -0.2) is 4.79 Å². The molecular weight excluding hydrogens is 238 g/mol. The molecule has 0 N–H and O–H groups in total. The van der Waals surface area contributed by atoms with Crippen molar-refractivity contribution >= 4 is 12.6 Å². The Balaban J connectivity index is 2.02. The molecule has 2 aliphatic heterocycles. The van der Waals surface area contributed by atoms with E-state index in [2.05, 4.69) is 0 Å². The van der Waals surface area contributed by atoms with Crippen LogP contribution in [0.3, 0.4) is 0 Å². The second-order valence-electron chi connectivity index (χ2n) is 5.71. The van der Waals surface area contributed by atoms with Gasteiger partial charge in [0.15, 0.2) is 0 Å². The van der Waals surface area contributed by atoms with Gasteiger partial charge < -0.3 is 14.2 Å². The summed E-state index contributed by atoms with van der Waals surface area (Å²) in [7, 11) is 0. The first-order chi connectivity index (χ1) is 8.38. The topological polar surface area (TPSA) is 65.1 Å². The minimum absolute atomic E-state index is 0.352. The van der Waals surface area contributed by atoms with Gasteiger partial charge in [-0.1, -0.05) is 0 Å². The van der Waals surface area contributed by atoms with Crippen LogP contribution < -0.4 is 0 Å². The van der Waals surface area contributed by atoms with Crippen LogP contribution in [0.5, 0.6) is 0 Å². The van der Waals surface area contributed by atoms with Crippen LogP contribution in [-0.2, 0) is 19.0 Å². The Labute approximate surface area is 106 Å². The zero-order valence-corrected chi connectivity index (χ0v) is 11.0. The van der Waals surface area contributed by atoms with Crippen LogP contribution in [0.4, 0.5) is 4.79 Å². The summed E-state index contributed by atoms with van der Waals surface area (Å²) in [5.74, 6) is 0. The largest absolute Gasteiger partial charge is 0.444 e. The van der Waals surface area contributed by atoms with Crippen LogP contribution in [0.2, 0.25) is 0 Å². The van der Waals surface area contributed by atoms with E-state index in [1.807, 2.05) is 0 Å². The summed E-state index contributed by atoms with van der Waals surface area (Å²) in [6.07, 6.45) is 0.578. The van der Waals surface area contributed by atoms with Gasteiger partial charge in [-0.05, 0) is 33.6 Å². The number of nitrogens with zero attached hydrogens (tertiary/aromatic N) is 1. The molecule has 6 heteroatoms. The van der Waals surface area contributed by atoms with Crippen molar-refractivity contribution in [2.45, 2.75) is 51.0 Å². The molecule has 102 valence electrons. The van der Waals surface area contributed by atoms with Crippen LogP contribution in [-0.4, -0.2) is 48.0 Å². The molecule has 2 saturated heterocycles. The van der Waals surface area contributed by atoms with E-state index in [0.717, 1.165) is 12.8 Å². The molecule has 0 aromatic rings. The third-order valence-electron chi connectivity index (χ3n) is 3.12. The summed E-state index contributed by atoms with van der Waals surface area (Å²) in [6, 6.07) is 0. The highest BCUT2D eigenvalue weighted by atomic mass is 16.6. The van der Waals surface area contributed by atoms with Crippen LogP contribution in [0.1, 0.15) is 33.6 Å². The van der Waals surface area contributed by atoms with Crippen molar-refractivity contribution in [1.82, 2.24) is 4.90 Å². The Kier molecular flexibility index (Phi) is 3.23. The van der Waals surface area contributed by atoms with Crippen LogP contribution in [0.25, 0.3) is 0 Å². The van der Waals surface area contributed by atoms with E-state index < -0.39 is 23.5 Å². The fourth-order valence-electron chi connectivity index (χ4n) is 2.39. The molecule has 2 heterocycles. The summed E-state index contributed by atoms with van der Waals surface area (Å²) in [4.78, 5) is 23.9. The molecule has 18 heavy (non-hydrogen) atoms. The van der Waals surface area contributed by atoms with Crippen LogP contribution >= 0.6 is 0 Å². The Morgan fingerprint density at radius 3 is 2.72 bits per heavy atom. The van der Waals surface area contributed by atoms with E-state index in [1.54, 1.807) is 20.8 Å². The number of rotatable bonds is 2. The minimum Gasteiger partial charge on any atom is -0.444 e. The monoisotopic (exact) mass is 257 g/mol. The van der Waals surface area contributed by atoms with Crippen LogP contribution in [0.15, 0.2) is 0 Å². The van der Waals surface area contributed by atoms with E-state index in [1.165, 1.54) is 4.90 Å². The highest BCUT2D eigenvalue weighted by Crippen LogP contribution is 2.41. The highest BCUT2D eigenvalue weighted by Gasteiger charge is 2.60. The normalized spacial score (nSPS) is 31.1. The quantitative estimate of drug-likeness (QED) is 0.697. The molecular formula is C12H19NO5. The average molecular weight is 257 g/mol. The van der Waals surface area contributed by atoms with Gasteiger partial charge in [0, 0.05) is 6.61 Å². The van der Waals surface area contributed by atoms with Crippen LogP contribution in [0, 0.1) is 0 Å². The predicted octanol–water partition coefficient (Wildman–Crippen LogP) is 1.29. The van der Waals surface area contributed by atoms with Crippen molar-refractivity contribution in [1.29, 1.82) is 0 Å². The van der Waals surface area contributed by atoms with Gasteiger partial charge in [0.1, 0.15) is 11.2 Å². The molecule has 0 bridgehead atoms. The predicted molar refractivity (Wildman–Crippen MR) is 61.8 cm³/mol. The van der Waals surface area contributed by atoms with E-state index in [-0.39, 0.29) is 0 Å². The smallest absolute Gasteiger partial charge is 0.413 e. The summed E-state index contributed by atoms with van der Waals surface area (Å²) >= 11 is 0. The first-order valence-electron chi connectivity index (χ1n) is 6.11. The van der Waals surface area contributed by atoms with E-state index >= 15 is 0 Å². The lowest BCUT2D eigenvalue weighted by Gasteiger charge is -2.52. The summed E-state index contributed by atoms with van der Waals surface area (Å²) in [5.41, 5.74) is -1.08. The summed E-state index contributed by atoms with van der Waals surface area (Å²) in [5, 5.41) is 0. The fraction of sp³-hybridized carbons (Fsp3) is 0.833. The maximum Gasteiger partial charge on any atom is 0.413 e. The number of amides is 1. The maximum absolute atomic E-state index is 11.9. The molecule has 2 atom stereocenters. The van der Waals surface area contributed by atoms with Crippen molar-refractivity contribution in [3.63, 3.8) is 0 Å². The van der Waals surface area contributed by atoms with Gasteiger partial charge in [-0.2, -0.15) is 0 Å². The van der Waals surface area contributed by atoms with Crippen molar-refractivity contribution in [3.8, 4) is 0 Å². The number of carbonyl (C=O) groups is 2. The first kappa shape index (κ1) is 13.1. The van der Waals surface area contributed by atoms with Gasteiger partial charge in [-0.3, -0.25) is 9.69 Å². The van der Waals surface area contributed by atoms with E-state index in [4.69, 9.17) is 14.2 Å². The molecule has 0 aromatic carbocycles. The Bertz CT molecular complexity index is 343. The number of hydrogen-bond acceptors (Lipinski definition) is 5. The molecule has 0 radical (unpaired) electrons. The molecule has 1 amide bonds. The standard InChI is InChI=1S/C12H19NO5/c1-11(2,3)18-10(15)13-7-12(5-4-6-17-12)9(13)16-8-14/h8-9H,4-7H2,1-3H3. The van der Waals surface area contributed by atoms with Gasteiger partial charge in [0.25, 0.3) is 6.47 Å². The molecule has 6 nitrogen and oxygen atoms in total. The lowest BCUT2D eigenvalue weighted by molar-refractivity contribution is -0.239. The molecule has 2 rings (SSSR count). The molecule has 0 saturated carbocycles. The third-order valence-corrected chi connectivity index (χ3v) is 3.12. The number of likely N-dealkylation sites (tertiary alicyclic amines) is 1. The first-order valence-corrected chi connectivity index (χ1v) is 6.11. The Morgan fingerprint density at radius 1 is 1.50 bits per heavy atom. The summed E-state index contributed by atoms with van der Waals surface area (Å²) in [6.45, 7) is 6.79. The molecule has 2 aliphatic rings. The lowest BCUT2D eigenvalue weighted by Crippen LogP contribution is -2.72. The van der Waals surface area contributed by atoms with Crippen molar-refractivity contribution < 1.29 is 23.8 Å². The zero-order chi connectivity index (χ0) is 13.4. The highest BCUT2D eigenvalue weighted by molar-refractivity contribution is 5.70. The molecule has 0 aromatic heterocycles. The molecule has 2 fully saturated rings. The third kappa shape index (κ3) is 2.29. The molecule has 2 unspecified atom stereocenters. The van der Waals surface area contributed by atoms with E-state index in [0.29, 0.717) is 19.6 Å². The molecule has 1 spiro atoms. The Morgan fingerprint density at radius 2 is 2.22 bits per heavy atom. The SMILES string of the molecule is CC(C)(C)OC(=O)N1CC2(CCCO2)C1OC=O. The molecule has 0 aliphatic carbocycles. The Hall–Kier alpha value is -1.30. The maximum atomic E-state index is 11.9. The number of hydrogen-bond donors (Lipinski definition) is 0. The van der Waals surface area contributed by atoms with Gasteiger partial charge in [0.2, 0.25) is 6.23 Å². The number of carbonyl (C=O) groups excluding carboxylic acids is 2. The van der Waals surface area contributed by atoms with Crippen molar-refractivity contribution in [2.75, 3.05) is 13.2 Å². The minimum atomic E-state index is -0.660. The van der Waals surface area contributed by atoms with Crippen molar-refractivity contribution in [2.24, 2.45) is 0 Å². The zero-order valence-electron chi connectivity index (χ0n) is 11.0. The van der Waals surface area contributed by atoms with Gasteiger partial charge in [-0.15, -0.1) is 0 Å². The summed E-state index contributed by atoms with van der Waals surface area (Å²) < 4.78 is 15.9. The average Bonchev–Trinajstić information content (AvgIpc) is 2.71. The second kappa shape index (κ2) is 4.42. The van der Waals surface area contributed by atoms with Crippen molar-refractivity contribution in [3.05, 3.63) is 0 Å². The number of ether oxygens (including phenoxy) is 3. The fourth-order valence-corrected chi connectivity index (χ4v) is 2.39. The lowest BCUT2D eigenvalue weighted by atomic mass is 9.88. The van der Waals surface area contributed by atoms with Gasteiger partial charge in [0.05, 0.1) is 6.54 Å².